The van der Waals surface area contributed by atoms with Crippen LogP contribution in [0, 0.1) is 11.3 Å². The molecule has 86 valence electrons. The average Bonchev–Trinajstić information content (AvgIpc) is 2.37. The molecule has 0 aliphatic rings. The zero-order chi connectivity index (χ0) is 12.4. The number of aromatic hydroxyl groups is 1. The SMILES string of the molecule is COc1cc(OC)c2c(O)c(C#N)cnc2c1. The van der Waals surface area contributed by atoms with E-state index in [4.69, 9.17) is 14.7 Å². The van der Waals surface area contributed by atoms with Crippen LogP contribution in [0.3, 0.4) is 0 Å². The minimum absolute atomic E-state index is 0.112. The standard InChI is InChI=1S/C12H10N2O3/c1-16-8-3-9-11(10(4-8)17-2)12(15)7(5-13)6-14-9/h3-4,6H,1-2H3,(H,14,15). The molecular weight excluding hydrogens is 220 g/mol. The summed E-state index contributed by atoms with van der Waals surface area (Å²) in [5, 5.41) is 19.2. The van der Waals surface area contributed by atoms with E-state index in [1.807, 2.05) is 6.07 Å². The van der Waals surface area contributed by atoms with Gasteiger partial charge in [0.25, 0.3) is 0 Å². The second-order valence-electron chi connectivity index (χ2n) is 3.36. The molecule has 0 bridgehead atoms. The third-order valence-electron chi connectivity index (χ3n) is 2.46. The Bertz CT molecular complexity index is 617. The molecule has 17 heavy (non-hydrogen) atoms. The van der Waals surface area contributed by atoms with Crippen LogP contribution in [0.1, 0.15) is 5.56 Å². The Morgan fingerprint density at radius 1 is 1.29 bits per heavy atom. The first kappa shape index (κ1) is 11.0. The maximum absolute atomic E-state index is 9.94. The van der Waals surface area contributed by atoms with Gasteiger partial charge in [0.05, 0.1) is 25.1 Å². The van der Waals surface area contributed by atoms with Gasteiger partial charge in [-0.15, -0.1) is 0 Å². The van der Waals surface area contributed by atoms with E-state index >= 15 is 0 Å². The highest BCUT2D eigenvalue weighted by atomic mass is 16.5. The zero-order valence-corrected chi connectivity index (χ0v) is 9.39. The molecule has 0 aliphatic heterocycles. The van der Waals surface area contributed by atoms with Gasteiger partial charge in [-0.2, -0.15) is 5.26 Å². The molecule has 2 aromatic rings. The van der Waals surface area contributed by atoms with Gasteiger partial charge in [0.15, 0.2) is 0 Å². The number of rotatable bonds is 2. The van der Waals surface area contributed by atoms with Crippen LogP contribution in [0.15, 0.2) is 18.3 Å². The highest BCUT2D eigenvalue weighted by Gasteiger charge is 2.13. The average molecular weight is 230 g/mol. The molecule has 1 aromatic carbocycles. The molecule has 5 heteroatoms. The summed E-state index contributed by atoms with van der Waals surface area (Å²) in [5.74, 6) is 0.865. The third kappa shape index (κ3) is 1.70. The Morgan fingerprint density at radius 3 is 2.65 bits per heavy atom. The molecule has 0 aliphatic carbocycles. The number of hydrogen-bond acceptors (Lipinski definition) is 5. The van der Waals surface area contributed by atoms with Gasteiger partial charge in [-0.25, -0.2) is 0 Å². The van der Waals surface area contributed by atoms with Crippen molar-refractivity contribution in [3.8, 4) is 23.3 Å². The minimum Gasteiger partial charge on any atom is -0.506 e. The number of benzene rings is 1. The number of methoxy groups -OCH3 is 2. The molecule has 0 atom stereocenters. The van der Waals surface area contributed by atoms with E-state index in [2.05, 4.69) is 4.98 Å². The number of pyridine rings is 1. The van der Waals surface area contributed by atoms with Crippen molar-refractivity contribution in [2.24, 2.45) is 0 Å². The maximum atomic E-state index is 9.94. The predicted molar refractivity (Wildman–Crippen MR) is 61.2 cm³/mol. The van der Waals surface area contributed by atoms with Crippen molar-refractivity contribution in [2.75, 3.05) is 14.2 Å². The maximum Gasteiger partial charge on any atom is 0.148 e. The number of aromatic nitrogens is 1. The van der Waals surface area contributed by atoms with Gasteiger partial charge in [0.1, 0.15) is 28.9 Å². The van der Waals surface area contributed by atoms with Crippen molar-refractivity contribution in [1.29, 1.82) is 5.26 Å². The summed E-state index contributed by atoms with van der Waals surface area (Å²) in [5.41, 5.74) is 0.624. The first-order chi connectivity index (χ1) is 8.21. The molecule has 0 saturated carbocycles. The van der Waals surface area contributed by atoms with E-state index in [0.29, 0.717) is 22.4 Å². The summed E-state index contributed by atoms with van der Waals surface area (Å²) < 4.78 is 10.3. The molecule has 0 radical (unpaired) electrons. The zero-order valence-electron chi connectivity index (χ0n) is 9.39. The first-order valence-electron chi connectivity index (χ1n) is 4.85. The topological polar surface area (TPSA) is 75.4 Å². The molecule has 0 unspecified atom stereocenters. The Morgan fingerprint density at radius 2 is 2.06 bits per heavy atom. The molecule has 0 fully saturated rings. The van der Waals surface area contributed by atoms with E-state index in [0.717, 1.165) is 0 Å². The van der Waals surface area contributed by atoms with E-state index < -0.39 is 0 Å². The predicted octanol–water partition coefficient (Wildman–Crippen LogP) is 1.83. The van der Waals surface area contributed by atoms with Crippen LogP contribution in [0.25, 0.3) is 10.9 Å². The van der Waals surface area contributed by atoms with Gasteiger partial charge in [-0.05, 0) is 0 Å². The Hall–Kier alpha value is -2.48. The van der Waals surface area contributed by atoms with Gasteiger partial charge in [0, 0.05) is 18.3 Å². The highest BCUT2D eigenvalue weighted by molar-refractivity contribution is 5.93. The van der Waals surface area contributed by atoms with E-state index in [1.54, 1.807) is 12.1 Å². The summed E-state index contributed by atoms with van der Waals surface area (Å²) >= 11 is 0. The van der Waals surface area contributed by atoms with Crippen molar-refractivity contribution in [3.63, 3.8) is 0 Å². The number of nitriles is 1. The first-order valence-corrected chi connectivity index (χ1v) is 4.85. The van der Waals surface area contributed by atoms with Gasteiger partial charge in [-0.1, -0.05) is 0 Å². The largest absolute Gasteiger partial charge is 0.506 e. The lowest BCUT2D eigenvalue weighted by Crippen LogP contribution is -1.92. The number of ether oxygens (including phenoxy) is 2. The van der Waals surface area contributed by atoms with Crippen LogP contribution in [-0.2, 0) is 0 Å². The molecular formula is C12H10N2O3. The highest BCUT2D eigenvalue weighted by Crippen LogP contribution is 2.37. The van der Waals surface area contributed by atoms with Gasteiger partial charge >= 0.3 is 0 Å². The number of hydrogen-bond donors (Lipinski definition) is 1. The van der Waals surface area contributed by atoms with Crippen molar-refractivity contribution in [3.05, 3.63) is 23.9 Å². The smallest absolute Gasteiger partial charge is 0.148 e. The lowest BCUT2D eigenvalue weighted by molar-refractivity contribution is 0.396. The molecule has 5 nitrogen and oxygen atoms in total. The summed E-state index contributed by atoms with van der Waals surface area (Å²) in [6.45, 7) is 0. The second kappa shape index (κ2) is 4.18. The van der Waals surface area contributed by atoms with Crippen molar-refractivity contribution in [2.45, 2.75) is 0 Å². The van der Waals surface area contributed by atoms with Crippen LogP contribution in [0.2, 0.25) is 0 Å². The summed E-state index contributed by atoms with van der Waals surface area (Å²) in [7, 11) is 3.01. The fraction of sp³-hybridized carbons (Fsp3) is 0.167. The monoisotopic (exact) mass is 230 g/mol. The minimum atomic E-state index is -0.128. The number of nitrogens with zero attached hydrogens (tertiary/aromatic N) is 2. The molecule has 0 saturated heterocycles. The van der Waals surface area contributed by atoms with Gasteiger partial charge in [0.2, 0.25) is 0 Å². The molecule has 1 heterocycles. The third-order valence-corrected chi connectivity index (χ3v) is 2.46. The second-order valence-corrected chi connectivity index (χ2v) is 3.36. The van der Waals surface area contributed by atoms with Crippen LogP contribution in [0.5, 0.6) is 17.2 Å². The Balaban J connectivity index is 2.86. The Kier molecular flexibility index (Phi) is 2.71. The van der Waals surface area contributed by atoms with Crippen molar-refractivity contribution < 1.29 is 14.6 Å². The quantitative estimate of drug-likeness (QED) is 0.851. The molecule has 0 amide bonds. The van der Waals surface area contributed by atoms with Crippen molar-refractivity contribution in [1.82, 2.24) is 4.98 Å². The van der Waals surface area contributed by atoms with Crippen LogP contribution in [-0.4, -0.2) is 24.3 Å². The fourth-order valence-electron chi connectivity index (χ4n) is 1.61. The van der Waals surface area contributed by atoms with E-state index in [9.17, 15) is 5.11 Å². The van der Waals surface area contributed by atoms with E-state index in [-0.39, 0.29) is 11.3 Å². The normalized spacial score (nSPS) is 9.94. The van der Waals surface area contributed by atoms with Crippen LogP contribution >= 0.6 is 0 Å². The summed E-state index contributed by atoms with van der Waals surface area (Å²) in [6, 6.07) is 5.16. The van der Waals surface area contributed by atoms with Crippen LogP contribution in [0.4, 0.5) is 0 Å². The molecule has 1 N–H and O–H groups in total. The number of fused-ring (bicyclic) bond motifs is 1. The summed E-state index contributed by atoms with van der Waals surface area (Å²) in [4.78, 5) is 4.09. The summed E-state index contributed by atoms with van der Waals surface area (Å²) in [6.07, 6.45) is 1.32. The van der Waals surface area contributed by atoms with Crippen LogP contribution < -0.4 is 9.47 Å². The molecule has 1 aromatic heterocycles. The molecule has 0 spiro atoms. The van der Waals surface area contributed by atoms with E-state index in [1.165, 1.54) is 20.4 Å². The lowest BCUT2D eigenvalue weighted by atomic mass is 10.1. The van der Waals surface area contributed by atoms with Gasteiger partial charge in [-0.3, -0.25) is 4.98 Å². The van der Waals surface area contributed by atoms with Crippen molar-refractivity contribution >= 4 is 10.9 Å². The fourth-order valence-corrected chi connectivity index (χ4v) is 1.61. The van der Waals surface area contributed by atoms with Gasteiger partial charge < -0.3 is 14.6 Å². The molecule has 2 rings (SSSR count). The Labute approximate surface area is 97.8 Å². The lowest BCUT2D eigenvalue weighted by Gasteiger charge is -2.09.